The van der Waals surface area contributed by atoms with Gasteiger partial charge < -0.3 is 50.9 Å². The Hall–Kier alpha value is 5.08. The van der Waals surface area contributed by atoms with Gasteiger partial charge in [-0.2, -0.15) is 0 Å². The van der Waals surface area contributed by atoms with Gasteiger partial charge >= 0.3 is 118 Å². The van der Waals surface area contributed by atoms with E-state index in [-0.39, 0.29) is 169 Å². The first-order chi connectivity index (χ1) is 0. The van der Waals surface area contributed by atoms with Crippen LogP contribution in [0.15, 0.2) is 0 Å². The van der Waals surface area contributed by atoms with Crippen molar-refractivity contribution in [2.75, 3.05) is 0 Å². The van der Waals surface area contributed by atoms with Crippen molar-refractivity contribution in [2.45, 2.75) is 0 Å². The molecule has 5 heteroatoms. The number of hydrogen-bond acceptors (Lipinski definition) is 0. The fraction of sp³-hybridized carbons (Fsp3) is 0. The van der Waals surface area contributed by atoms with Crippen LogP contribution < -0.4 is 120 Å². The van der Waals surface area contributed by atoms with Gasteiger partial charge in [-0.3, -0.25) is 0 Å². The molecule has 0 aliphatic heterocycles. The van der Waals surface area contributed by atoms with E-state index in [1.165, 1.54) is 0 Å². The number of rotatable bonds is 0. The number of hydrogen-bond donors (Lipinski definition) is 0. The summed E-state index contributed by atoms with van der Waals surface area (Å²) in [7, 11) is 0. The minimum Gasteiger partial charge on any atom is -1.00 e. The molecule has 0 atom stereocenters. The second-order valence-electron chi connectivity index (χ2n) is 0. The van der Waals surface area contributed by atoms with Crippen LogP contribution in [0.25, 0.3) is 0 Å². The van der Waals surface area contributed by atoms with Crippen LogP contribution in [-0.2, 0) is 0 Å². The first kappa shape index (κ1) is 32.2. The maximum atomic E-state index is 0. The van der Waals surface area contributed by atoms with E-state index in [0.29, 0.717) is 0 Å². The van der Waals surface area contributed by atoms with Gasteiger partial charge in [0.25, 0.3) is 0 Å². The summed E-state index contributed by atoms with van der Waals surface area (Å²) in [6, 6.07) is 0. The van der Waals surface area contributed by atoms with Crippen molar-refractivity contribution < 1.29 is 169 Å². The van der Waals surface area contributed by atoms with E-state index in [4.69, 9.17) is 0 Å². The Balaban J connectivity index is 0. The van der Waals surface area contributed by atoms with Crippen LogP contribution in [-0.4, -0.2) is 0 Å². The summed E-state index contributed by atoms with van der Waals surface area (Å²) >= 11 is 0. The van der Waals surface area contributed by atoms with Crippen molar-refractivity contribution in [2.24, 2.45) is 0 Å². The molecule has 0 aromatic carbocycles. The van der Waals surface area contributed by atoms with E-state index in [1.807, 2.05) is 0 Å². The molecule has 0 fully saturated rings. The monoisotopic (exact) mass is 523 g/mol. The minimum atomic E-state index is 0. The summed E-state index contributed by atoms with van der Waals surface area (Å²) in [5, 5.41) is 0. The van der Waals surface area contributed by atoms with E-state index in [1.54, 1.807) is 0 Å². The van der Waals surface area contributed by atoms with Crippen LogP contribution in [0.5, 0.6) is 0 Å². The standard InChI is InChI=1S/3BrH.Cs.Eu/h3*1H;;/q;;;+1;+2/p-3. The Kier molecular flexibility index (Phi) is 148. The molecule has 1 radical (unpaired) electrons. The molecule has 0 N–H and O–H groups in total. The van der Waals surface area contributed by atoms with Gasteiger partial charge in [0.1, 0.15) is 0 Å². The van der Waals surface area contributed by atoms with Crippen LogP contribution in [0.3, 0.4) is 0 Å². The quantitative estimate of drug-likeness (QED) is 0.296. The Morgan fingerprint density at radius 1 is 0.600 bits per heavy atom. The van der Waals surface area contributed by atoms with Crippen molar-refractivity contribution in [3.63, 3.8) is 0 Å². The average molecular weight is 525 g/mol. The minimum absolute atomic E-state index is 0. The van der Waals surface area contributed by atoms with Gasteiger partial charge in [-0.1, -0.05) is 0 Å². The third kappa shape index (κ3) is 17.6. The van der Waals surface area contributed by atoms with Gasteiger partial charge in [0, 0.05) is 0 Å². The normalized spacial score (nSPS) is 0. The van der Waals surface area contributed by atoms with E-state index in [9.17, 15) is 0 Å². The summed E-state index contributed by atoms with van der Waals surface area (Å²) in [5.74, 6) is 0. The summed E-state index contributed by atoms with van der Waals surface area (Å²) in [4.78, 5) is 0. The Labute approximate surface area is 163 Å². The molecule has 0 bridgehead atoms. The molecule has 0 aromatic rings. The van der Waals surface area contributed by atoms with Crippen molar-refractivity contribution in [3.05, 3.63) is 0 Å². The molecule has 0 nitrogen and oxygen atoms in total. The maximum absolute atomic E-state index is 0. The fourth-order valence-corrected chi connectivity index (χ4v) is 0. The van der Waals surface area contributed by atoms with Crippen LogP contribution in [0, 0.1) is 49.4 Å². The van der Waals surface area contributed by atoms with Gasteiger partial charge in [-0.25, -0.2) is 0 Å². The smallest absolute Gasteiger partial charge is 1.00 e. The summed E-state index contributed by atoms with van der Waals surface area (Å²) in [5.41, 5.74) is 0. The molecule has 29 valence electrons. The van der Waals surface area contributed by atoms with Crippen LogP contribution in [0.4, 0.5) is 0 Å². The molecule has 0 amide bonds. The second kappa shape index (κ2) is 23.0. The van der Waals surface area contributed by atoms with E-state index < -0.39 is 0 Å². The third-order valence-electron chi connectivity index (χ3n) is 0. The molecule has 0 heterocycles. The molecule has 0 aromatic heterocycles. The molecule has 0 aliphatic rings. The van der Waals surface area contributed by atoms with E-state index in [2.05, 4.69) is 0 Å². The molecule has 0 saturated heterocycles. The third-order valence-corrected chi connectivity index (χ3v) is 0. The van der Waals surface area contributed by atoms with Crippen molar-refractivity contribution in [3.8, 4) is 0 Å². The zero-order valence-corrected chi connectivity index (χ0v) is 16.0. The largest absolute Gasteiger partial charge is 2.00 e. The van der Waals surface area contributed by atoms with E-state index in [0.717, 1.165) is 0 Å². The molecule has 0 aliphatic carbocycles. The fourth-order valence-electron chi connectivity index (χ4n) is 0. The molecule has 0 unspecified atom stereocenters. The zero-order chi connectivity index (χ0) is 0. The maximum Gasteiger partial charge on any atom is 2.00 e. The van der Waals surface area contributed by atoms with Gasteiger partial charge in [-0.15, -0.1) is 0 Å². The Bertz CT molecular complexity index is 6.85. The van der Waals surface area contributed by atoms with Gasteiger partial charge in [0.15, 0.2) is 0 Å². The molecule has 5 heavy (non-hydrogen) atoms. The SMILES string of the molecule is [Br-].[Br-].[Br-].[Cs+].[Eu+2]. The summed E-state index contributed by atoms with van der Waals surface area (Å²) in [6.07, 6.45) is 0. The zero-order valence-electron chi connectivity index (χ0n) is 2.51. The van der Waals surface area contributed by atoms with Crippen molar-refractivity contribution in [1.29, 1.82) is 0 Å². The predicted octanol–water partition coefficient (Wildman–Crippen LogP) is -12.0. The Morgan fingerprint density at radius 3 is 0.600 bits per heavy atom. The van der Waals surface area contributed by atoms with Gasteiger partial charge in [-0.05, 0) is 0 Å². The second-order valence-corrected chi connectivity index (χ2v) is 0. The van der Waals surface area contributed by atoms with E-state index >= 15 is 0 Å². The van der Waals surface area contributed by atoms with Gasteiger partial charge in [0.05, 0.1) is 0 Å². The number of halogens is 3. The first-order valence-electron chi connectivity index (χ1n) is 0. The molecule has 0 spiro atoms. The topological polar surface area (TPSA) is 0 Å². The van der Waals surface area contributed by atoms with Crippen LogP contribution in [0.1, 0.15) is 0 Å². The predicted molar refractivity (Wildman–Crippen MR) is 0 cm³/mol. The Morgan fingerprint density at radius 2 is 0.600 bits per heavy atom. The van der Waals surface area contributed by atoms with Crippen molar-refractivity contribution in [1.82, 2.24) is 0 Å². The summed E-state index contributed by atoms with van der Waals surface area (Å²) < 4.78 is 0. The molecular formula is Br3CsEu. The molecular weight excluding hydrogens is 525 g/mol. The van der Waals surface area contributed by atoms with Crippen LogP contribution in [0.2, 0.25) is 0 Å². The van der Waals surface area contributed by atoms with Gasteiger partial charge in [0.2, 0.25) is 0 Å². The molecule has 0 saturated carbocycles. The molecule has 0 rings (SSSR count). The average Bonchev–Trinajstić information content (AvgIpc) is 0. The van der Waals surface area contributed by atoms with Crippen molar-refractivity contribution >= 4 is 0 Å². The summed E-state index contributed by atoms with van der Waals surface area (Å²) in [6.45, 7) is 0. The first-order valence-corrected chi connectivity index (χ1v) is 0. The van der Waals surface area contributed by atoms with Crippen LogP contribution >= 0.6 is 0 Å².